The van der Waals surface area contributed by atoms with E-state index >= 15 is 0 Å². The molecule has 0 radical (unpaired) electrons. The summed E-state index contributed by atoms with van der Waals surface area (Å²) in [5.74, 6) is 0.570. The van der Waals surface area contributed by atoms with Gasteiger partial charge in [-0.25, -0.2) is 0 Å². The number of allylic oxidation sites excluding steroid dienone is 3. The van der Waals surface area contributed by atoms with E-state index in [4.69, 9.17) is 5.26 Å². The lowest BCUT2D eigenvalue weighted by Gasteiger charge is -2.24. The van der Waals surface area contributed by atoms with Crippen LogP contribution >= 0.6 is 0 Å². The number of aromatic nitrogens is 1. The molecule has 34 heavy (non-hydrogen) atoms. The summed E-state index contributed by atoms with van der Waals surface area (Å²) in [6.07, 6.45) is 0.197. The van der Waals surface area contributed by atoms with E-state index in [0.29, 0.717) is 28.3 Å². The fourth-order valence-corrected chi connectivity index (χ4v) is 3.59. The third-order valence-corrected chi connectivity index (χ3v) is 6.25. The van der Waals surface area contributed by atoms with E-state index in [1.807, 2.05) is 19.9 Å². The Morgan fingerprint density at radius 1 is 1.35 bits per heavy atom. The number of amidine groups is 1. The Kier molecular flexibility index (Phi) is 11.1. The van der Waals surface area contributed by atoms with Crippen LogP contribution in [-0.4, -0.2) is 51.7 Å². The van der Waals surface area contributed by atoms with Crippen LogP contribution in [0.1, 0.15) is 45.4 Å². The molecule has 1 rings (SSSR count). The van der Waals surface area contributed by atoms with Crippen LogP contribution in [0.2, 0.25) is 0 Å². The first-order chi connectivity index (χ1) is 15.9. The number of halogens is 3. The zero-order valence-electron chi connectivity index (χ0n) is 20.3. The summed E-state index contributed by atoms with van der Waals surface area (Å²) in [7, 11) is 1.66. The lowest BCUT2D eigenvalue weighted by Crippen LogP contribution is -2.32. The highest BCUT2D eigenvalue weighted by Gasteiger charge is 2.31. The molecule has 184 valence electrons. The van der Waals surface area contributed by atoms with E-state index in [2.05, 4.69) is 21.5 Å². The molecule has 0 saturated carbocycles. The molecule has 0 aliphatic rings. The van der Waals surface area contributed by atoms with Crippen molar-refractivity contribution in [3.63, 3.8) is 0 Å². The molecule has 1 aromatic rings. The Bertz CT molecular complexity index is 1090. The first kappa shape index (κ1) is 29.0. The van der Waals surface area contributed by atoms with Gasteiger partial charge in [0.1, 0.15) is 5.69 Å². The standard InChI is InChI=1S/C24H30F3N5OS/c1-8-16(3)14-30-20(12-17(4)24(25,26)27)18(5)32(7)23(29-6)22-21(34(33)9-2)13-19(10-11-28)15-31-22/h12-15H,5,8-10H2,1-4,6-7H3/b16-14+,17-12+,29-23?,30-20-. The SMILES string of the molecule is C=C(C(/C=C(\C)C(F)(F)F)=N\C=C(/C)CC)N(C)C(=NC)c1ncc(CC#N)cc1S(=O)CC. The van der Waals surface area contributed by atoms with Crippen LogP contribution in [0.3, 0.4) is 0 Å². The van der Waals surface area contributed by atoms with E-state index < -0.39 is 22.5 Å². The van der Waals surface area contributed by atoms with Gasteiger partial charge in [-0.2, -0.15) is 18.4 Å². The van der Waals surface area contributed by atoms with Crippen molar-refractivity contribution < 1.29 is 17.4 Å². The maximum absolute atomic E-state index is 13.2. The average Bonchev–Trinajstić information content (AvgIpc) is 2.80. The molecule has 0 fully saturated rings. The van der Waals surface area contributed by atoms with Crippen molar-refractivity contribution in [2.24, 2.45) is 9.98 Å². The molecule has 0 aromatic carbocycles. The van der Waals surface area contributed by atoms with Gasteiger partial charge in [-0.15, -0.1) is 0 Å². The number of aliphatic imine (C=N–C) groups is 2. The number of nitrogens with zero attached hydrogens (tertiary/aromatic N) is 5. The molecule has 0 N–H and O–H groups in total. The van der Waals surface area contributed by atoms with Gasteiger partial charge in [0.05, 0.1) is 39.6 Å². The smallest absolute Gasteiger partial charge is 0.327 e. The van der Waals surface area contributed by atoms with Crippen molar-refractivity contribution in [3.05, 3.63) is 59.2 Å². The molecule has 0 amide bonds. The fourth-order valence-electron chi connectivity index (χ4n) is 2.64. The molecule has 1 aromatic heterocycles. The van der Waals surface area contributed by atoms with Crippen LogP contribution in [0.15, 0.2) is 62.8 Å². The highest BCUT2D eigenvalue weighted by atomic mass is 32.2. The Morgan fingerprint density at radius 3 is 2.50 bits per heavy atom. The van der Waals surface area contributed by atoms with Gasteiger partial charge in [-0.3, -0.25) is 19.2 Å². The summed E-state index contributed by atoms with van der Waals surface area (Å²) in [6, 6.07) is 3.67. The van der Waals surface area contributed by atoms with E-state index in [1.165, 1.54) is 24.3 Å². The summed E-state index contributed by atoms with van der Waals surface area (Å²) in [5, 5.41) is 8.99. The number of alkyl halides is 3. The highest BCUT2D eigenvalue weighted by Crippen LogP contribution is 2.26. The molecule has 0 spiro atoms. The summed E-state index contributed by atoms with van der Waals surface area (Å²) in [4.78, 5) is 14.8. The predicted molar refractivity (Wildman–Crippen MR) is 131 cm³/mol. The zero-order valence-corrected chi connectivity index (χ0v) is 21.1. The third-order valence-electron chi connectivity index (χ3n) is 4.92. The quantitative estimate of drug-likeness (QED) is 0.343. The molecule has 1 heterocycles. The second kappa shape index (κ2) is 13.0. The topological polar surface area (TPSA) is 81.7 Å². The molecule has 0 saturated heterocycles. The first-order valence-electron chi connectivity index (χ1n) is 10.5. The van der Waals surface area contributed by atoms with Crippen LogP contribution in [0.4, 0.5) is 13.2 Å². The van der Waals surface area contributed by atoms with Gasteiger partial charge >= 0.3 is 6.18 Å². The monoisotopic (exact) mass is 493 g/mol. The van der Waals surface area contributed by atoms with Crippen LogP contribution in [0.25, 0.3) is 0 Å². The fraction of sp³-hybridized carbons (Fsp3) is 0.417. The predicted octanol–water partition coefficient (Wildman–Crippen LogP) is 5.36. The van der Waals surface area contributed by atoms with Gasteiger partial charge in [-0.1, -0.05) is 26.0 Å². The third kappa shape index (κ3) is 7.76. The van der Waals surface area contributed by atoms with Crippen molar-refractivity contribution >= 4 is 22.3 Å². The van der Waals surface area contributed by atoms with Crippen LogP contribution in [0, 0.1) is 11.3 Å². The van der Waals surface area contributed by atoms with Gasteiger partial charge in [-0.05, 0) is 38.0 Å². The first-order valence-corrected chi connectivity index (χ1v) is 11.9. The van der Waals surface area contributed by atoms with Gasteiger partial charge in [0.25, 0.3) is 0 Å². The minimum absolute atomic E-state index is 0.00513. The highest BCUT2D eigenvalue weighted by molar-refractivity contribution is 7.85. The summed E-state index contributed by atoms with van der Waals surface area (Å²) < 4.78 is 52.4. The van der Waals surface area contributed by atoms with Crippen molar-refractivity contribution in [1.29, 1.82) is 5.26 Å². The molecule has 1 atom stereocenters. The van der Waals surface area contributed by atoms with Crippen molar-refractivity contribution in [3.8, 4) is 6.07 Å². The van der Waals surface area contributed by atoms with Crippen LogP contribution in [0.5, 0.6) is 0 Å². The maximum atomic E-state index is 13.2. The number of hydrogen-bond acceptors (Lipinski definition) is 5. The van der Waals surface area contributed by atoms with E-state index in [0.717, 1.165) is 18.6 Å². The lowest BCUT2D eigenvalue weighted by molar-refractivity contribution is -0.0912. The summed E-state index contributed by atoms with van der Waals surface area (Å²) >= 11 is 0. The zero-order chi connectivity index (χ0) is 26.1. The number of hydrogen-bond donors (Lipinski definition) is 0. The second-order valence-electron chi connectivity index (χ2n) is 7.38. The summed E-state index contributed by atoms with van der Waals surface area (Å²) in [6.45, 7) is 10.4. The van der Waals surface area contributed by atoms with Crippen LogP contribution < -0.4 is 0 Å². The summed E-state index contributed by atoms with van der Waals surface area (Å²) in [5.41, 5.74) is 1.11. The number of nitriles is 1. The normalized spacial score (nSPS) is 14.6. The Morgan fingerprint density at radius 2 is 2.00 bits per heavy atom. The average molecular weight is 494 g/mol. The van der Waals surface area contributed by atoms with Gasteiger partial charge in [0, 0.05) is 37.8 Å². The Hall–Kier alpha value is -3.06. The number of pyridine rings is 1. The van der Waals surface area contributed by atoms with Crippen molar-refractivity contribution in [2.45, 2.75) is 51.6 Å². The van der Waals surface area contributed by atoms with Crippen LogP contribution in [-0.2, 0) is 17.2 Å². The largest absolute Gasteiger partial charge is 0.412 e. The lowest BCUT2D eigenvalue weighted by atomic mass is 10.1. The molecule has 0 bridgehead atoms. The maximum Gasteiger partial charge on any atom is 0.412 e. The molecule has 6 nitrogen and oxygen atoms in total. The molecular formula is C24H30F3N5OS. The van der Waals surface area contributed by atoms with E-state index in [1.54, 1.807) is 20.0 Å². The number of rotatable bonds is 9. The molecule has 0 aliphatic heterocycles. The molecule has 0 aliphatic carbocycles. The van der Waals surface area contributed by atoms with Gasteiger partial charge in [0.15, 0.2) is 5.84 Å². The van der Waals surface area contributed by atoms with E-state index in [-0.39, 0.29) is 23.7 Å². The molecule has 1 unspecified atom stereocenters. The molecule has 10 heteroatoms. The van der Waals surface area contributed by atoms with Gasteiger partial charge < -0.3 is 4.90 Å². The Labute approximate surface area is 201 Å². The second-order valence-corrected chi connectivity index (χ2v) is 9.09. The Balaban J connectivity index is 3.61. The minimum atomic E-state index is -4.52. The van der Waals surface area contributed by atoms with Crippen molar-refractivity contribution in [2.75, 3.05) is 19.8 Å². The van der Waals surface area contributed by atoms with E-state index in [9.17, 15) is 17.4 Å². The van der Waals surface area contributed by atoms with Crippen molar-refractivity contribution in [1.82, 2.24) is 9.88 Å². The van der Waals surface area contributed by atoms with Gasteiger partial charge in [0.2, 0.25) is 0 Å². The minimum Gasteiger partial charge on any atom is -0.327 e. The molecular weight excluding hydrogens is 463 g/mol.